The molecule has 0 saturated carbocycles. The lowest BCUT2D eigenvalue weighted by Gasteiger charge is -2.34. The summed E-state index contributed by atoms with van der Waals surface area (Å²) in [6.45, 7) is 11.8. The van der Waals surface area contributed by atoms with Crippen molar-refractivity contribution in [2.75, 3.05) is 39.3 Å². The van der Waals surface area contributed by atoms with Gasteiger partial charge in [-0.2, -0.15) is 0 Å². The molecule has 0 N–H and O–H groups in total. The molecule has 19 heavy (non-hydrogen) atoms. The maximum Gasteiger partial charge on any atom is 0.0596 e. The van der Waals surface area contributed by atoms with Crippen LogP contribution >= 0.6 is 0 Å². The van der Waals surface area contributed by atoms with Gasteiger partial charge in [0.15, 0.2) is 0 Å². The van der Waals surface area contributed by atoms with E-state index < -0.39 is 0 Å². The highest BCUT2D eigenvalue weighted by Crippen LogP contribution is 2.08. The number of benzene rings is 1. The van der Waals surface area contributed by atoms with Crippen LogP contribution in [0.25, 0.3) is 0 Å². The van der Waals surface area contributed by atoms with E-state index in [-0.39, 0.29) is 0 Å². The fourth-order valence-corrected chi connectivity index (χ4v) is 2.43. The van der Waals surface area contributed by atoms with Crippen LogP contribution in [0.4, 0.5) is 0 Å². The van der Waals surface area contributed by atoms with Crippen molar-refractivity contribution in [1.82, 2.24) is 9.80 Å². The standard InChI is InChI=1S/C16H26N2O/c1-15(2)19-13-12-17-8-10-18(11-9-17)14-16-6-4-3-5-7-16/h3-7,15H,8-14H2,1-2H3. The van der Waals surface area contributed by atoms with Gasteiger partial charge in [-0.1, -0.05) is 30.3 Å². The first kappa shape index (κ1) is 14.5. The number of nitrogens with zero attached hydrogens (tertiary/aromatic N) is 2. The van der Waals surface area contributed by atoms with E-state index in [1.54, 1.807) is 0 Å². The van der Waals surface area contributed by atoms with Gasteiger partial charge in [-0.3, -0.25) is 9.80 Å². The van der Waals surface area contributed by atoms with Crippen LogP contribution in [0.5, 0.6) is 0 Å². The van der Waals surface area contributed by atoms with Crippen molar-refractivity contribution in [3.05, 3.63) is 35.9 Å². The molecular formula is C16H26N2O. The largest absolute Gasteiger partial charge is 0.377 e. The average molecular weight is 262 g/mol. The van der Waals surface area contributed by atoms with Crippen LogP contribution in [0.3, 0.4) is 0 Å². The van der Waals surface area contributed by atoms with Gasteiger partial charge >= 0.3 is 0 Å². The molecule has 3 heteroatoms. The molecule has 0 spiro atoms. The summed E-state index contributed by atoms with van der Waals surface area (Å²) in [7, 11) is 0. The zero-order valence-corrected chi connectivity index (χ0v) is 12.2. The Balaban J connectivity index is 1.65. The molecule has 3 nitrogen and oxygen atoms in total. The Morgan fingerprint density at radius 3 is 2.26 bits per heavy atom. The molecule has 0 atom stereocenters. The van der Waals surface area contributed by atoms with Crippen molar-refractivity contribution in [2.45, 2.75) is 26.5 Å². The van der Waals surface area contributed by atoms with Gasteiger partial charge in [0, 0.05) is 39.3 Å². The molecule has 0 bridgehead atoms. The minimum absolute atomic E-state index is 0.347. The molecule has 0 amide bonds. The molecule has 1 heterocycles. The fraction of sp³-hybridized carbons (Fsp3) is 0.625. The Kier molecular flexibility index (Phi) is 5.83. The Labute approximate surface area is 117 Å². The predicted octanol–water partition coefficient (Wildman–Crippen LogP) is 2.23. The third kappa shape index (κ3) is 5.31. The van der Waals surface area contributed by atoms with Crippen molar-refractivity contribution < 1.29 is 4.74 Å². The van der Waals surface area contributed by atoms with Gasteiger partial charge in [-0.25, -0.2) is 0 Å². The predicted molar refractivity (Wildman–Crippen MR) is 79.2 cm³/mol. The van der Waals surface area contributed by atoms with Crippen molar-refractivity contribution in [1.29, 1.82) is 0 Å². The van der Waals surface area contributed by atoms with Crippen LogP contribution in [0.2, 0.25) is 0 Å². The normalized spacial score (nSPS) is 18.1. The minimum Gasteiger partial charge on any atom is -0.377 e. The maximum absolute atomic E-state index is 5.61. The summed E-state index contributed by atoms with van der Waals surface area (Å²) in [4.78, 5) is 5.04. The zero-order chi connectivity index (χ0) is 13.5. The summed E-state index contributed by atoms with van der Waals surface area (Å²) in [5, 5.41) is 0. The monoisotopic (exact) mass is 262 g/mol. The van der Waals surface area contributed by atoms with Gasteiger partial charge in [-0.05, 0) is 19.4 Å². The minimum atomic E-state index is 0.347. The van der Waals surface area contributed by atoms with Crippen LogP contribution < -0.4 is 0 Å². The molecule has 0 unspecified atom stereocenters. The summed E-state index contributed by atoms with van der Waals surface area (Å²) in [6.07, 6.45) is 0.347. The lowest BCUT2D eigenvalue weighted by atomic mass is 10.2. The molecule has 1 saturated heterocycles. The van der Waals surface area contributed by atoms with E-state index in [9.17, 15) is 0 Å². The molecule has 0 aliphatic carbocycles. The Hall–Kier alpha value is -0.900. The van der Waals surface area contributed by atoms with E-state index in [0.717, 1.165) is 45.9 Å². The number of hydrogen-bond donors (Lipinski definition) is 0. The average Bonchev–Trinajstić information content (AvgIpc) is 2.42. The summed E-state index contributed by atoms with van der Waals surface area (Å²) in [5.74, 6) is 0. The van der Waals surface area contributed by atoms with Gasteiger partial charge in [0.05, 0.1) is 12.7 Å². The number of ether oxygens (including phenoxy) is 1. The second-order valence-corrected chi connectivity index (χ2v) is 5.52. The zero-order valence-electron chi connectivity index (χ0n) is 12.2. The second kappa shape index (κ2) is 7.63. The third-order valence-electron chi connectivity index (χ3n) is 3.57. The van der Waals surface area contributed by atoms with Crippen LogP contribution in [-0.4, -0.2) is 55.2 Å². The molecule has 0 aromatic heterocycles. The summed E-state index contributed by atoms with van der Waals surface area (Å²) in [5.41, 5.74) is 1.42. The maximum atomic E-state index is 5.61. The highest BCUT2D eigenvalue weighted by atomic mass is 16.5. The van der Waals surface area contributed by atoms with E-state index in [1.807, 2.05) is 0 Å². The highest BCUT2D eigenvalue weighted by Gasteiger charge is 2.16. The smallest absolute Gasteiger partial charge is 0.0596 e. The van der Waals surface area contributed by atoms with Gasteiger partial charge in [0.2, 0.25) is 0 Å². The van der Waals surface area contributed by atoms with E-state index >= 15 is 0 Å². The summed E-state index contributed by atoms with van der Waals surface area (Å²) in [6, 6.07) is 10.7. The topological polar surface area (TPSA) is 15.7 Å². The van der Waals surface area contributed by atoms with Crippen molar-refractivity contribution in [3.63, 3.8) is 0 Å². The van der Waals surface area contributed by atoms with Gasteiger partial charge < -0.3 is 4.74 Å². The molecule has 1 aliphatic rings. The van der Waals surface area contributed by atoms with E-state index in [2.05, 4.69) is 54.0 Å². The van der Waals surface area contributed by atoms with E-state index in [0.29, 0.717) is 6.10 Å². The Bertz CT molecular complexity index is 345. The van der Waals surface area contributed by atoms with Crippen LogP contribution in [0.15, 0.2) is 30.3 Å². The van der Waals surface area contributed by atoms with Crippen LogP contribution in [0.1, 0.15) is 19.4 Å². The number of hydrogen-bond acceptors (Lipinski definition) is 3. The number of rotatable bonds is 6. The first-order valence-corrected chi connectivity index (χ1v) is 7.34. The van der Waals surface area contributed by atoms with Crippen LogP contribution in [0, 0.1) is 0 Å². The van der Waals surface area contributed by atoms with Crippen molar-refractivity contribution >= 4 is 0 Å². The Morgan fingerprint density at radius 2 is 1.63 bits per heavy atom. The summed E-state index contributed by atoms with van der Waals surface area (Å²) >= 11 is 0. The molecule has 1 aliphatic heterocycles. The molecule has 1 aromatic rings. The second-order valence-electron chi connectivity index (χ2n) is 5.52. The fourth-order valence-electron chi connectivity index (χ4n) is 2.43. The SMILES string of the molecule is CC(C)OCCN1CCN(Cc2ccccc2)CC1. The van der Waals surface area contributed by atoms with Gasteiger partial charge in [0.1, 0.15) is 0 Å². The van der Waals surface area contributed by atoms with Gasteiger partial charge in [-0.15, -0.1) is 0 Å². The lowest BCUT2D eigenvalue weighted by molar-refractivity contribution is 0.0437. The lowest BCUT2D eigenvalue weighted by Crippen LogP contribution is -2.46. The van der Waals surface area contributed by atoms with Crippen molar-refractivity contribution in [2.24, 2.45) is 0 Å². The van der Waals surface area contributed by atoms with Gasteiger partial charge in [0.25, 0.3) is 0 Å². The summed E-state index contributed by atoms with van der Waals surface area (Å²) < 4.78 is 5.61. The van der Waals surface area contributed by atoms with Crippen molar-refractivity contribution in [3.8, 4) is 0 Å². The highest BCUT2D eigenvalue weighted by molar-refractivity contribution is 5.14. The molecule has 1 fully saturated rings. The first-order chi connectivity index (χ1) is 9.24. The Morgan fingerprint density at radius 1 is 1.00 bits per heavy atom. The third-order valence-corrected chi connectivity index (χ3v) is 3.57. The number of piperazine rings is 1. The molecule has 2 rings (SSSR count). The van der Waals surface area contributed by atoms with E-state index in [1.165, 1.54) is 5.56 Å². The molecule has 0 radical (unpaired) electrons. The quantitative estimate of drug-likeness (QED) is 0.782. The first-order valence-electron chi connectivity index (χ1n) is 7.34. The molecule has 1 aromatic carbocycles. The molecular weight excluding hydrogens is 236 g/mol. The molecule has 106 valence electrons. The van der Waals surface area contributed by atoms with Crippen LogP contribution in [-0.2, 0) is 11.3 Å². The van der Waals surface area contributed by atoms with E-state index in [4.69, 9.17) is 4.74 Å².